The minimum absolute atomic E-state index is 0.0814. The summed E-state index contributed by atoms with van der Waals surface area (Å²) in [6.45, 7) is 0.863. The lowest BCUT2D eigenvalue weighted by Crippen LogP contribution is -2.31. The van der Waals surface area contributed by atoms with E-state index in [4.69, 9.17) is 17.3 Å². The van der Waals surface area contributed by atoms with Crippen molar-refractivity contribution in [2.24, 2.45) is 12.8 Å². The molecule has 1 amide bonds. The molecule has 2 aromatic rings. The molecule has 0 saturated heterocycles. The number of aromatic nitrogens is 2. The van der Waals surface area contributed by atoms with Crippen LogP contribution in [-0.4, -0.2) is 22.2 Å². The van der Waals surface area contributed by atoms with Gasteiger partial charge in [-0.3, -0.25) is 9.59 Å². The maximum atomic E-state index is 11.9. The zero-order chi connectivity index (χ0) is 16.1. The second-order valence-corrected chi connectivity index (χ2v) is 5.27. The smallest absolute Gasteiger partial charge is 0.287 e. The zero-order valence-corrected chi connectivity index (χ0v) is 13.0. The molecule has 116 valence electrons. The Kier molecular flexibility index (Phi) is 5.16. The lowest BCUT2D eigenvalue weighted by molar-refractivity contribution is -0.117. The van der Waals surface area contributed by atoms with Gasteiger partial charge in [0.05, 0.1) is 11.9 Å². The van der Waals surface area contributed by atoms with Crippen molar-refractivity contribution in [2.75, 3.05) is 11.4 Å². The number of carbonyl (C=O) groups is 1. The maximum Gasteiger partial charge on any atom is 0.287 e. The van der Waals surface area contributed by atoms with Crippen molar-refractivity contribution in [1.29, 1.82) is 0 Å². The third kappa shape index (κ3) is 3.85. The van der Waals surface area contributed by atoms with Crippen molar-refractivity contribution in [3.05, 3.63) is 57.5 Å². The summed E-state index contributed by atoms with van der Waals surface area (Å²) in [4.78, 5) is 24.8. The monoisotopic (exact) mass is 320 g/mol. The number of primary amides is 1. The van der Waals surface area contributed by atoms with Gasteiger partial charge in [-0.25, -0.2) is 4.68 Å². The molecule has 6 nitrogen and oxygen atoms in total. The molecule has 0 fully saturated rings. The largest absolute Gasteiger partial charge is 0.370 e. The standard InChI is InChI=1S/C15H17ClN4O2/c1-19-15(22)14(16)12(9-18-19)20(8-7-13(17)21)10-11-5-3-2-4-6-11/h2-6,9H,7-8,10H2,1H3,(H2,17,21). The van der Waals surface area contributed by atoms with Crippen LogP contribution in [0.25, 0.3) is 0 Å². The van der Waals surface area contributed by atoms with Crippen LogP contribution < -0.4 is 16.2 Å². The Balaban J connectivity index is 2.33. The topological polar surface area (TPSA) is 81.2 Å². The molecule has 0 unspecified atom stereocenters. The van der Waals surface area contributed by atoms with Crippen LogP contribution in [0.15, 0.2) is 41.3 Å². The lowest BCUT2D eigenvalue weighted by Gasteiger charge is -2.25. The van der Waals surface area contributed by atoms with E-state index in [0.717, 1.165) is 5.56 Å². The highest BCUT2D eigenvalue weighted by Gasteiger charge is 2.16. The summed E-state index contributed by atoms with van der Waals surface area (Å²) < 4.78 is 1.17. The molecule has 2 rings (SSSR count). The van der Waals surface area contributed by atoms with Gasteiger partial charge >= 0.3 is 0 Å². The molecular weight excluding hydrogens is 304 g/mol. The third-order valence-electron chi connectivity index (χ3n) is 3.24. The molecule has 0 radical (unpaired) electrons. The van der Waals surface area contributed by atoms with Crippen molar-refractivity contribution in [3.8, 4) is 0 Å². The van der Waals surface area contributed by atoms with Gasteiger partial charge in [0, 0.05) is 26.6 Å². The molecule has 0 bridgehead atoms. The predicted octanol–water partition coefficient (Wildman–Crippen LogP) is 1.32. The fraction of sp³-hybridized carbons (Fsp3) is 0.267. The van der Waals surface area contributed by atoms with E-state index < -0.39 is 5.91 Å². The number of carbonyl (C=O) groups excluding carboxylic acids is 1. The number of benzene rings is 1. The molecule has 22 heavy (non-hydrogen) atoms. The van der Waals surface area contributed by atoms with Crippen LogP contribution in [0.3, 0.4) is 0 Å². The minimum atomic E-state index is -0.411. The molecule has 0 saturated carbocycles. The fourth-order valence-corrected chi connectivity index (χ4v) is 2.35. The summed E-state index contributed by atoms with van der Waals surface area (Å²) in [6.07, 6.45) is 1.69. The molecule has 0 aliphatic rings. The molecule has 0 spiro atoms. The van der Waals surface area contributed by atoms with Crippen LogP contribution in [0.4, 0.5) is 5.69 Å². The number of nitrogens with two attached hydrogens (primary N) is 1. The van der Waals surface area contributed by atoms with Crippen LogP contribution >= 0.6 is 11.6 Å². The van der Waals surface area contributed by atoms with E-state index in [1.165, 1.54) is 17.9 Å². The first kappa shape index (κ1) is 16.0. The minimum Gasteiger partial charge on any atom is -0.370 e. The van der Waals surface area contributed by atoms with Crippen LogP contribution in [-0.2, 0) is 18.4 Å². The van der Waals surface area contributed by atoms with E-state index in [-0.39, 0.29) is 17.0 Å². The van der Waals surface area contributed by atoms with Crippen molar-refractivity contribution in [3.63, 3.8) is 0 Å². The van der Waals surface area contributed by atoms with Crippen molar-refractivity contribution in [1.82, 2.24) is 9.78 Å². The van der Waals surface area contributed by atoms with Gasteiger partial charge in [-0.1, -0.05) is 41.9 Å². The maximum absolute atomic E-state index is 11.9. The highest BCUT2D eigenvalue weighted by molar-refractivity contribution is 6.33. The van der Waals surface area contributed by atoms with E-state index in [2.05, 4.69) is 5.10 Å². The average Bonchev–Trinajstić information content (AvgIpc) is 2.50. The van der Waals surface area contributed by atoms with E-state index >= 15 is 0 Å². The Morgan fingerprint density at radius 1 is 1.36 bits per heavy atom. The van der Waals surface area contributed by atoms with Crippen molar-refractivity contribution >= 4 is 23.2 Å². The first-order chi connectivity index (χ1) is 10.5. The highest BCUT2D eigenvalue weighted by atomic mass is 35.5. The van der Waals surface area contributed by atoms with Crippen LogP contribution in [0.2, 0.25) is 5.02 Å². The number of anilines is 1. The number of halogens is 1. The van der Waals surface area contributed by atoms with E-state index in [1.807, 2.05) is 35.2 Å². The number of rotatable bonds is 6. The molecule has 7 heteroatoms. The molecular formula is C15H17ClN4O2. The number of hydrogen-bond donors (Lipinski definition) is 1. The Morgan fingerprint density at radius 2 is 2.05 bits per heavy atom. The van der Waals surface area contributed by atoms with Gasteiger partial charge in [0.15, 0.2) is 0 Å². The second kappa shape index (κ2) is 7.09. The summed E-state index contributed by atoms with van der Waals surface area (Å²) in [5, 5.41) is 4.07. The number of aryl methyl sites for hydroxylation is 1. The summed E-state index contributed by atoms with van der Waals surface area (Å²) in [7, 11) is 1.53. The average molecular weight is 321 g/mol. The van der Waals surface area contributed by atoms with Gasteiger partial charge in [-0.15, -0.1) is 0 Å². The molecule has 0 aliphatic carbocycles. The molecule has 0 atom stereocenters. The van der Waals surface area contributed by atoms with Crippen LogP contribution in [0, 0.1) is 0 Å². The van der Waals surface area contributed by atoms with Gasteiger partial charge in [0.1, 0.15) is 5.02 Å². The quantitative estimate of drug-likeness (QED) is 0.870. The second-order valence-electron chi connectivity index (χ2n) is 4.90. The van der Waals surface area contributed by atoms with E-state index in [0.29, 0.717) is 18.8 Å². The summed E-state index contributed by atoms with van der Waals surface area (Å²) >= 11 is 6.14. The summed E-state index contributed by atoms with van der Waals surface area (Å²) in [5.74, 6) is -0.411. The molecule has 1 heterocycles. The highest BCUT2D eigenvalue weighted by Crippen LogP contribution is 2.23. The van der Waals surface area contributed by atoms with E-state index in [1.54, 1.807) is 0 Å². The predicted molar refractivity (Wildman–Crippen MR) is 85.8 cm³/mol. The van der Waals surface area contributed by atoms with Gasteiger partial charge in [-0.05, 0) is 5.56 Å². The van der Waals surface area contributed by atoms with Gasteiger partial charge in [0.2, 0.25) is 5.91 Å². The molecule has 2 N–H and O–H groups in total. The van der Waals surface area contributed by atoms with Crippen molar-refractivity contribution in [2.45, 2.75) is 13.0 Å². The Labute approximate surface area is 133 Å². The first-order valence-electron chi connectivity index (χ1n) is 6.78. The Bertz CT molecular complexity index is 715. The number of amides is 1. The number of nitrogens with zero attached hydrogens (tertiary/aromatic N) is 3. The Hall–Kier alpha value is -2.34. The Morgan fingerprint density at radius 3 is 2.68 bits per heavy atom. The molecule has 1 aromatic carbocycles. The van der Waals surface area contributed by atoms with Gasteiger partial charge in [0.25, 0.3) is 5.56 Å². The lowest BCUT2D eigenvalue weighted by atomic mass is 10.2. The van der Waals surface area contributed by atoms with Crippen molar-refractivity contribution < 1.29 is 4.79 Å². The van der Waals surface area contributed by atoms with Crippen LogP contribution in [0.1, 0.15) is 12.0 Å². The normalized spacial score (nSPS) is 10.5. The van der Waals surface area contributed by atoms with E-state index in [9.17, 15) is 9.59 Å². The molecule has 0 aliphatic heterocycles. The third-order valence-corrected chi connectivity index (χ3v) is 3.60. The zero-order valence-electron chi connectivity index (χ0n) is 12.2. The first-order valence-corrected chi connectivity index (χ1v) is 7.16. The van der Waals surface area contributed by atoms with Gasteiger partial charge in [-0.2, -0.15) is 5.10 Å². The number of hydrogen-bond acceptors (Lipinski definition) is 4. The summed E-state index contributed by atoms with van der Waals surface area (Å²) in [6, 6.07) is 9.68. The SMILES string of the molecule is Cn1ncc(N(CCC(N)=O)Cc2ccccc2)c(Cl)c1=O. The molecule has 1 aromatic heterocycles. The van der Waals surface area contributed by atoms with Gasteiger partial charge < -0.3 is 10.6 Å². The van der Waals surface area contributed by atoms with Crippen LogP contribution in [0.5, 0.6) is 0 Å². The summed E-state index contributed by atoms with van der Waals surface area (Å²) in [5.41, 5.74) is 6.37. The fourth-order valence-electron chi connectivity index (χ4n) is 2.06.